The summed E-state index contributed by atoms with van der Waals surface area (Å²) in [6.07, 6.45) is 11.8. The second-order valence-corrected chi connectivity index (χ2v) is 8.80. The van der Waals surface area contributed by atoms with Gasteiger partial charge in [0.15, 0.2) is 11.6 Å². The number of halogens is 2. The summed E-state index contributed by atoms with van der Waals surface area (Å²) in [4.78, 5) is 0. The fraction of sp³-hybridized carbons (Fsp3) is 0.400. The zero-order valence-electron chi connectivity index (χ0n) is 19.6. The number of hydrogen-bond acceptors (Lipinski definition) is 0. The van der Waals surface area contributed by atoms with Crippen LogP contribution in [-0.2, 0) is 12.8 Å². The molecule has 0 radical (unpaired) electrons. The average Bonchev–Trinajstić information content (AvgIpc) is 2.82. The molecule has 0 spiro atoms. The van der Waals surface area contributed by atoms with Crippen molar-refractivity contribution in [3.8, 4) is 22.3 Å². The maximum Gasteiger partial charge on any atom is 0.166 e. The first-order valence-corrected chi connectivity index (χ1v) is 12.3. The molecule has 0 saturated carbocycles. The highest BCUT2D eigenvalue weighted by Gasteiger charge is 2.14. The van der Waals surface area contributed by atoms with Gasteiger partial charge in [0.25, 0.3) is 0 Å². The molecule has 3 rings (SSSR count). The minimum Gasteiger partial charge on any atom is -0.203 e. The molecule has 0 saturated heterocycles. The van der Waals surface area contributed by atoms with Crippen LogP contribution in [-0.4, -0.2) is 0 Å². The topological polar surface area (TPSA) is 0 Å². The highest BCUT2D eigenvalue weighted by molar-refractivity contribution is 5.71. The lowest BCUT2D eigenvalue weighted by Gasteiger charge is -2.10. The fourth-order valence-corrected chi connectivity index (χ4v) is 4.27. The summed E-state index contributed by atoms with van der Waals surface area (Å²) >= 11 is 0. The molecule has 2 heteroatoms. The predicted octanol–water partition coefficient (Wildman–Crippen LogP) is 9.54. The Morgan fingerprint density at radius 1 is 0.500 bits per heavy atom. The zero-order chi connectivity index (χ0) is 22.8. The molecule has 0 aliphatic carbocycles. The van der Waals surface area contributed by atoms with Crippen molar-refractivity contribution in [3.63, 3.8) is 0 Å². The molecular weight excluding hydrogens is 398 g/mol. The molecule has 3 aromatic rings. The molecule has 170 valence electrons. The third-order valence-corrected chi connectivity index (χ3v) is 6.23. The van der Waals surface area contributed by atoms with E-state index in [4.69, 9.17) is 0 Å². The lowest BCUT2D eigenvalue weighted by Crippen LogP contribution is -1.97. The quantitative estimate of drug-likeness (QED) is 0.249. The fourth-order valence-electron chi connectivity index (χ4n) is 4.27. The van der Waals surface area contributed by atoms with E-state index in [2.05, 4.69) is 31.2 Å². The SMILES string of the molecule is CCCCCCCCCc1ccc(-c2ccc(-c3ccc(CCC)c(F)c3F)cc2)cc1. The Morgan fingerprint density at radius 2 is 1.06 bits per heavy atom. The third kappa shape index (κ3) is 6.51. The van der Waals surface area contributed by atoms with Crippen molar-refractivity contribution in [1.29, 1.82) is 0 Å². The lowest BCUT2D eigenvalue weighted by atomic mass is 9.97. The lowest BCUT2D eigenvalue weighted by molar-refractivity contribution is 0.500. The van der Waals surface area contributed by atoms with Crippen LogP contribution in [0.4, 0.5) is 8.78 Å². The standard InChI is InChI=1S/C30H36F2/c1-3-5-6-7-8-9-10-12-23-13-15-24(16-14-23)25-17-19-26(20-18-25)28-22-21-27(11-4-2)29(31)30(28)32/h13-22H,3-12H2,1-2H3. The van der Waals surface area contributed by atoms with Gasteiger partial charge in [-0.05, 0) is 47.1 Å². The van der Waals surface area contributed by atoms with E-state index >= 15 is 0 Å². The second-order valence-electron chi connectivity index (χ2n) is 8.80. The minimum absolute atomic E-state index is 0.318. The molecule has 0 N–H and O–H groups in total. The summed E-state index contributed by atoms with van der Waals surface area (Å²) in [5.41, 5.74) is 5.07. The van der Waals surface area contributed by atoms with E-state index in [-0.39, 0.29) is 0 Å². The molecular formula is C30H36F2. The summed E-state index contributed by atoms with van der Waals surface area (Å²) in [7, 11) is 0. The van der Waals surface area contributed by atoms with E-state index < -0.39 is 11.6 Å². The molecule has 3 aromatic carbocycles. The molecule has 0 amide bonds. The van der Waals surface area contributed by atoms with Gasteiger partial charge in [0, 0.05) is 5.56 Å². The highest BCUT2D eigenvalue weighted by Crippen LogP contribution is 2.29. The Kier molecular flexibility index (Phi) is 9.46. The third-order valence-electron chi connectivity index (χ3n) is 6.23. The van der Waals surface area contributed by atoms with Crippen molar-refractivity contribution in [1.82, 2.24) is 0 Å². The van der Waals surface area contributed by atoms with E-state index in [9.17, 15) is 8.78 Å². The van der Waals surface area contributed by atoms with Crippen molar-refractivity contribution >= 4 is 0 Å². The first kappa shape index (κ1) is 24.2. The van der Waals surface area contributed by atoms with E-state index in [0.29, 0.717) is 23.1 Å². The second kappa shape index (κ2) is 12.5. The smallest absolute Gasteiger partial charge is 0.166 e. The maximum absolute atomic E-state index is 14.6. The molecule has 0 aliphatic heterocycles. The predicted molar refractivity (Wildman–Crippen MR) is 133 cm³/mol. The Hall–Kier alpha value is -2.48. The Morgan fingerprint density at radius 3 is 1.69 bits per heavy atom. The number of unbranched alkanes of at least 4 members (excludes halogenated alkanes) is 6. The molecule has 0 atom stereocenters. The number of hydrogen-bond donors (Lipinski definition) is 0. The van der Waals surface area contributed by atoms with Crippen molar-refractivity contribution in [3.05, 3.63) is 83.4 Å². The van der Waals surface area contributed by atoms with E-state index in [1.54, 1.807) is 12.1 Å². The van der Waals surface area contributed by atoms with Gasteiger partial charge in [0.1, 0.15) is 0 Å². The van der Waals surface area contributed by atoms with Gasteiger partial charge >= 0.3 is 0 Å². The number of aryl methyl sites for hydroxylation is 2. The summed E-state index contributed by atoms with van der Waals surface area (Å²) in [6.45, 7) is 4.22. The van der Waals surface area contributed by atoms with Crippen LogP contribution in [0.15, 0.2) is 60.7 Å². The highest BCUT2D eigenvalue weighted by atomic mass is 19.2. The van der Waals surface area contributed by atoms with Gasteiger partial charge in [-0.1, -0.05) is 119 Å². The van der Waals surface area contributed by atoms with E-state index in [1.165, 1.54) is 50.5 Å². The van der Waals surface area contributed by atoms with Crippen LogP contribution in [0.1, 0.15) is 76.3 Å². The minimum atomic E-state index is -0.751. The average molecular weight is 435 g/mol. The first-order valence-electron chi connectivity index (χ1n) is 12.3. The molecule has 32 heavy (non-hydrogen) atoms. The van der Waals surface area contributed by atoms with Gasteiger partial charge in [0.05, 0.1) is 0 Å². The monoisotopic (exact) mass is 434 g/mol. The van der Waals surface area contributed by atoms with Gasteiger partial charge in [-0.25, -0.2) is 8.78 Å². The first-order chi connectivity index (χ1) is 15.6. The van der Waals surface area contributed by atoms with Crippen molar-refractivity contribution in [2.75, 3.05) is 0 Å². The van der Waals surface area contributed by atoms with Crippen LogP contribution in [0.2, 0.25) is 0 Å². The molecule has 0 bridgehead atoms. The van der Waals surface area contributed by atoms with Crippen LogP contribution >= 0.6 is 0 Å². The summed E-state index contributed by atoms with van der Waals surface area (Å²) < 4.78 is 28.9. The molecule has 0 fully saturated rings. The Labute approximate surface area is 192 Å². The van der Waals surface area contributed by atoms with E-state index in [0.717, 1.165) is 24.0 Å². The van der Waals surface area contributed by atoms with Crippen LogP contribution < -0.4 is 0 Å². The Bertz CT molecular complexity index is 955. The molecule has 0 aromatic heterocycles. The zero-order valence-corrected chi connectivity index (χ0v) is 19.6. The largest absolute Gasteiger partial charge is 0.203 e. The summed E-state index contributed by atoms with van der Waals surface area (Å²) in [5.74, 6) is -1.47. The van der Waals surface area contributed by atoms with Crippen molar-refractivity contribution in [2.24, 2.45) is 0 Å². The molecule has 0 heterocycles. The van der Waals surface area contributed by atoms with Crippen molar-refractivity contribution in [2.45, 2.75) is 78.1 Å². The number of rotatable bonds is 12. The van der Waals surface area contributed by atoms with Crippen LogP contribution in [0.5, 0.6) is 0 Å². The molecule has 0 aliphatic rings. The Balaban J connectivity index is 1.59. The van der Waals surface area contributed by atoms with Gasteiger partial charge < -0.3 is 0 Å². The van der Waals surface area contributed by atoms with Crippen molar-refractivity contribution < 1.29 is 8.78 Å². The van der Waals surface area contributed by atoms with Crippen LogP contribution in [0.25, 0.3) is 22.3 Å². The summed E-state index contributed by atoms with van der Waals surface area (Å²) in [6, 6.07) is 19.8. The van der Waals surface area contributed by atoms with Gasteiger partial charge in [-0.2, -0.15) is 0 Å². The maximum atomic E-state index is 14.6. The molecule has 0 unspecified atom stereocenters. The van der Waals surface area contributed by atoms with Crippen LogP contribution in [0, 0.1) is 11.6 Å². The van der Waals surface area contributed by atoms with Gasteiger partial charge in [0.2, 0.25) is 0 Å². The number of benzene rings is 3. The van der Waals surface area contributed by atoms with Gasteiger partial charge in [-0.15, -0.1) is 0 Å². The van der Waals surface area contributed by atoms with Crippen LogP contribution in [0.3, 0.4) is 0 Å². The normalized spacial score (nSPS) is 11.1. The molecule has 0 nitrogen and oxygen atoms in total. The van der Waals surface area contributed by atoms with Gasteiger partial charge in [-0.3, -0.25) is 0 Å². The van der Waals surface area contributed by atoms with E-state index in [1.807, 2.05) is 31.2 Å². The summed E-state index contributed by atoms with van der Waals surface area (Å²) in [5, 5.41) is 0.